The van der Waals surface area contributed by atoms with Gasteiger partial charge < -0.3 is 15.4 Å². The molecular formula is C18H22N2O2. The zero-order valence-corrected chi connectivity index (χ0v) is 13.0. The summed E-state index contributed by atoms with van der Waals surface area (Å²) in [6.07, 6.45) is 0. The molecule has 0 bridgehead atoms. The maximum atomic E-state index is 11.9. The molecule has 0 saturated carbocycles. The van der Waals surface area contributed by atoms with Gasteiger partial charge in [-0.05, 0) is 36.9 Å². The molecule has 116 valence electrons. The summed E-state index contributed by atoms with van der Waals surface area (Å²) < 4.78 is 5.72. The molecule has 0 heterocycles. The summed E-state index contributed by atoms with van der Waals surface area (Å²) in [6.45, 7) is 3.08. The van der Waals surface area contributed by atoms with Crippen LogP contribution in [0.1, 0.15) is 12.5 Å². The van der Waals surface area contributed by atoms with Crippen molar-refractivity contribution in [1.29, 1.82) is 0 Å². The van der Waals surface area contributed by atoms with Crippen molar-refractivity contribution in [3.05, 3.63) is 60.2 Å². The molecule has 2 aromatic carbocycles. The van der Waals surface area contributed by atoms with Gasteiger partial charge in [0.2, 0.25) is 5.91 Å². The summed E-state index contributed by atoms with van der Waals surface area (Å²) in [7, 11) is 1.84. The van der Waals surface area contributed by atoms with E-state index in [2.05, 4.69) is 10.6 Å². The summed E-state index contributed by atoms with van der Waals surface area (Å²) in [5, 5.41) is 5.89. The number of rotatable bonds is 7. The highest BCUT2D eigenvalue weighted by Gasteiger charge is 2.11. The molecule has 0 aliphatic rings. The second-order valence-corrected chi connectivity index (χ2v) is 5.25. The number of ether oxygens (including phenoxy) is 1. The van der Waals surface area contributed by atoms with Crippen LogP contribution in [0.2, 0.25) is 0 Å². The molecule has 0 aliphatic heterocycles. The fourth-order valence-corrected chi connectivity index (χ4v) is 2.04. The number of carbonyl (C=O) groups is 1. The Morgan fingerprint density at radius 1 is 1.09 bits per heavy atom. The third kappa shape index (κ3) is 4.90. The van der Waals surface area contributed by atoms with Gasteiger partial charge in [0.05, 0.1) is 0 Å². The van der Waals surface area contributed by atoms with Crippen LogP contribution in [0.25, 0.3) is 0 Å². The highest BCUT2D eigenvalue weighted by atomic mass is 16.5. The highest BCUT2D eigenvalue weighted by molar-refractivity contribution is 5.92. The molecule has 0 fully saturated rings. The Bertz CT molecular complexity index is 582. The van der Waals surface area contributed by atoms with E-state index in [0.29, 0.717) is 13.2 Å². The molecule has 1 amide bonds. The number of benzene rings is 2. The SMILES string of the molecule is CNCC(C)C(=O)Nc1ccc(OCc2ccccc2)cc1. The Morgan fingerprint density at radius 2 is 1.77 bits per heavy atom. The predicted octanol–water partition coefficient (Wildman–Crippen LogP) is 3.06. The molecule has 0 aromatic heterocycles. The summed E-state index contributed by atoms with van der Waals surface area (Å²) in [5.41, 5.74) is 1.90. The minimum atomic E-state index is -0.0704. The molecule has 2 aromatic rings. The quantitative estimate of drug-likeness (QED) is 0.826. The molecule has 4 nitrogen and oxygen atoms in total. The molecule has 1 atom stereocenters. The Morgan fingerprint density at radius 3 is 2.41 bits per heavy atom. The van der Waals surface area contributed by atoms with Crippen LogP contribution >= 0.6 is 0 Å². The standard InChI is InChI=1S/C18H22N2O2/c1-14(12-19-2)18(21)20-16-8-10-17(11-9-16)22-13-15-6-4-3-5-7-15/h3-11,14,19H,12-13H2,1-2H3,(H,20,21). The fraction of sp³-hybridized carbons (Fsp3) is 0.278. The number of hydrogen-bond acceptors (Lipinski definition) is 3. The topological polar surface area (TPSA) is 50.4 Å². The highest BCUT2D eigenvalue weighted by Crippen LogP contribution is 2.17. The average molecular weight is 298 g/mol. The Kier molecular flexibility index (Phi) is 5.98. The number of carbonyl (C=O) groups excluding carboxylic acids is 1. The van der Waals surface area contributed by atoms with Crippen LogP contribution in [0.5, 0.6) is 5.75 Å². The van der Waals surface area contributed by atoms with E-state index in [1.807, 2.05) is 68.6 Å². The van der Waals surface area contributed by atoms with Gasteiger partial charge in [0.25, 0.3) is 0 Å². The molecular weight excluding hydrogens is 276 g/mol. The van der Waals surface area contributed by atoms with Crippen molar-refractivity contribution >= 4 is 11.6 Å². The smallest absolute Gasteiger partial charge is 0.228 e. The molecule has 22 heavy (non-hydrogen) atoms. The first-order chi connectivity index (χ1) is 10.7. The van der Waals surface area contributed by atoms with Crippen LogP contribution in [0, 0.1) is 5.92 Å². The van der Waals surface area contributed by atoms with Gasteiger partial charge in [0.15, 0.2) is 0 Å². The molecule has 2 N–H and O–H groups in total. The van der Waals surface area contributed by atoms with Crippen LogP contribution in [0.4, 0.5) is 5.69 Å². The summed E-state index contributed by atoms with van der Waals surface area (Å²) >= 11 is 0. The first kappa shape index (κ1) is 16.0. The van der Waals surface area contributed by atoms with E-state index in [0.717, 1.165) is 17.0 Å². The Balaban J connectivity index is 1.86. The lowest BCUT2D eigenvalue weighted by Gasteiger charge is -2.12. The summed E-state index contributed by atoms with van der Waals surface area (Å²) in [6, 6.07) is 17.4. The van der Waals surface area contributed by atoms with Gasteiger partial charge in [0.1, 0.15) is 12.4 Å². The van der Waals surface area contributed by atoms with Crippen molar-refractivity contribution < 1.29 is 9.53 Å². The zero-order valence-electron chi connectivity index (χ0n) is 13.0. The molecule has 0 aliphatic carbocycles. The van der Waals surface area contributed by atoms with Gasteiger partial charge in [0, 0.05) is 18.2 Å². The van der Waals surface area contributed by atoms with E-state index < -0.39 is 0 Å². The van der Waals surface area contributed by atoms with Gasteiger partial charge >= 0.3 is 0 Å². The third-order valence-electron chi connectivity index (χ3n) is 3.33. The van der Waals surface area contributed by atoms with Crippen molar-refractivity contribution in [2.75, 3.05) is 18.9 Å². The van der Waals surface area contributed by atoms with Crippen molar-refractivity contribution in [3.8, 4) is 5.75 Å². The second-order valence-electron chi connectivity index (χ2n) is 5.25. The van der Waals surface area contributed by atoms with Crippen LogP contribution in [0.3, 0.4) is 0 Å². The Labute approximate surface area is 131 Å². The molecule has 1 unspecified atom stereocenters. The van der Waals surface area contributed by atoms with Gasteiger partial charge in [-0.15, -0.1) is 0 Å². The van der Waals surface area contributed by atoms with Crippen LogP contribution in [-0.4, -0.2) is 19.5 Å². The molecule has 0 spiro atoms. The van der Waals surface area contributed by atoms with Crippen LogP contribution in [0.15, 0.2) is 54.6 Å². The van der Waals surface area contributed by atoms with E-state index in [9.17, 15) is 4.79 Å². The lowest BCUT2D eigenvalue weighted by Crippen LogP contribution is -2.28. The van der Waals surface area contributed by atoms with Gasteiger partial charge in [-0.25, -0.2) is 0 Å². The summed E-state index contributed by atoms with van der Waals surface area (Å²) in [5.74, 6) is 0.719. The van der Waals surface area contributed by atoms with E-state index >= 15 is 0 Å². The summed E-state index contributed by atoms with van der Waals surface area (Å²) in [4.78, 5) is 11.9. The first-order valence-corrected chi connectivity index (χ1v) is 7.41. The molecule has 0 saturated heterocycles. The van der Waals surface area contributed by atoms with E-state index in [1.54, 1.807) is 0 Å². The van der Waals surface area contributed by atoms with Gasteiger partial charge in [-0.1, -0.05) is 37.3 Å². The normalized spacial score (nSPS) is 11.7. The first-order valence-electron chi connectivity index (χ1n) is 7.41. The number of anilines is 1. The zero-order chi connectivity index (χ0) is 15.8. The van der Waals surface area contributed by atoms with Crippen molar-refractivity contribution in [1.82, 2.24) is 5.32 Å². The maximum absolute atomic E-state index is 11.9. The fourth-order valence-electron chi connectivity index (χ4n) is 2.04. The number of hydrogen-bond donors (Lipinski definition) is 2. The predicted molar refractivity (Wildman–Crippen MR) is 88.9 cm³/mol. The largest absolute Gasteiger partial charge is 0.489 e. The van der Waals surface area contributed by atoms with E-state index in [-0.39, 0.29) is 11.8 Å². The lowest BCUT2D eigenvalue weighted by molar-refractivity contribution is -0.119. The minimum Gasteiger partial charge on any atom is -0.489 e. The van der Waals surface area contributed by atoms with Gasteiger partial charge in [-0.3, -0.25) is 4.79 Å². The maximum Gasteiger partial charge on any atom is 0.228 e. The minimum absolute atomic E-state index is 0.00676. The second kappa shape index (κ2) is 8.20. The van der Waals surface area contributed by atoms with Crippen molar-refractivity contribution in [2.45, 2.75) is 13.5 Å². The van der Waals surface area contributed by atoms with E-state index in [4.69, 9.17) is 4.74 Å². The van der Waals surface area contributed by atoms with E-state index in [1.165, 1.54) is 0 Å². The van der Waals surface area contributed by atoms with Crippen LogP contribution in [-0.2, 0) is 11.4 Å². The molecule has 0 radical (unpaired) electrons. The van der Waals surface area contributed by atoms with Crippen molar-refractivity contribution in [2.24, 2.45) is 5.92 Å². The number of nitrogens with one attached hydrogen (secondary N) is 2. The van der Waals surface area contributed by atoms with Crippen molar-refractivity contribution in [3.63, 3.8) is 0 Å². The Hall–Kier alpha value is -2.33. The average Bonchev–Trinajstić information content (AvgIpc) is 2.55. The molecule has 2 rings (SSSR count). The lowest BCUT2D eigenvalue weighted by atomic mass is 10.1. The van der Waals surface area contributed by atoms with Gasteiger partial charge in [-0.2, -0.15) is 0 Å². The third-order valence-corrected chi connectivity index (χ3v) is 3.33. The molecule has 4 heteroatoms. The monoisotopic (exact) mass is 298 g/mol. The number of amides is 1. The van der Waals surface area contributed by atoms with Crippen LogP contribution < -0.4 is 15.4 Å².